The maximum atomic E-state index is 11.3. The van der Waals surface area contributed by atoms with Gasteiger partial charge in [0.1, 0.15) is 6.04 Å². The van der Waals surface area contributed by atoms with Gasteiger partial charge in [0.15, 0.2) is 11.5 Å². The third-order valence-corrected chi connectivity index (χ3v) is 4.24. The lowest BCUT2D eigenvalue weighted by atomic mass is 10.1. The van der Waals surface area contributed by atoms with Crippen LogP contribution in [0.3, 0.4) is 0 Å². The average molecular weight is 341 g/mol. The summed E-state index contributed by atoms with van der Waals surface area (Å²) in [5, 5.41) is 12.3. The molecule has 0 radical (unpaired) electrons. The fraction of sp³-hybridized carbons (Fsp3) is 0.588. The van der Waals surface area contributed by atoms with Crippen LogP contribution in [-0.4, -0.2) is 42.3 Å². The summed E-state index contributed by atoms with van der Waals surface area (Å²) in [5.41, 5.74) is 0.972. The minimum absolute atomic E-state index is 0.0976. The Morgan fingerprint density at radius 3 is 2.70 bits per heavy atom. The summed E-state index contributed by atoms with van der Waals surface area (Å²) in [6.07, 6.45) is 3.58. The molecular weight excluding hydrogens is 314 g/mol. The molecule has 0 saturated carbocycles. The monoisotopic (exact) mass is 341 g/mol. The number of aliphatic carboxylic acids is 1. The summed E-state index contributed by atoms with van der Waals surface area (Å²) in [7, 11) is 1.61. The third-order valence-electron chi connectivity index (χ3n) is 3.59. The van der Waals surface area contributed by atoms with Gasteiger partial charge in [-0.05, 0) is 49.5 Å². The highest BCUT2D eigenvalue weighted by molar-refractivity contribution is 7.98. The first kappa shape index (κ1) is 19.6. The van der Waals surface area contributed by atoms with Crippen LogP contribution in [0.25, 0.3) is 0 Å². The van der Waals surface area contributed by atoms with Gasteiger partial charge < -0.3 is 19.9 Å². The lowest BCUT2D eigenvalue weighted by Gasteiger charge is -2.18. The molecule has 0 heterocycles. The molecule has 0 aromatic heterocycles. The highest BCUT2D eigenvalue weighted by Gasteiger charge is 2.16. The third kappa shape index (κ3) is 6.71. The molecule has 0 aliphatic carbocycles. The molecule has 1 aromatic carbocycles. The van der Waals surface area contributed by atoms with Crippen molar-refractivity contribution in [2.24, 2.45) is 0 Å². The molecule has 2 atom stereocenters. The van der Waals surface area contributed by atoms with Crippen molar-refractivity contribution >= 4 is 17.7 Å². The van der Waals surface area contributed by atoms with E-state index in [1.54, 1.807) is 18.9 Å². The van der Waals surface area contributed by atoms with Gasteiger partial charge in [-0.1, -0.05) is 13.0 Å². The number of rotatable bonds is 11. The first-order chi connectivity index (χ1) is 11.0. The van der Waals surface area contributed by atoms with Crippen molar-refractivity contribution in [2.75, 3.05) is 19.1 Å². The second-order valence-corrected chi connectivity index (χ2v) is 6.36. The zero-order valence-corrected chi connectivity index (χ0v) is 15.1. The number of thioether (sulfide) groups is 1. The fourth-order valence-corrected chi connectivity index (χ4v) is 2.48. The number of hydrogen-bond acceptors (Lipinski definition) is 5. The molecule has 0 fully saturated rings. The minimum atomic E-state index is -0.816. The van der Waals surface area contributed by atoms with Gasteiger partial charge in [0.25, 0.3) is 0 Å². The number of carboxylic acids is 1. The van der Waals surface area contributed by atoms with Crippen molar-refractivity contribution < 1.29 is 19.4 Å². The van der Waals surface area contributed by atoms with Crippen molar-refractivity contribution in [1.29, 1.82) is 0 Å². The van der Waals surface area contributed by atoms with Crippen molar-refractivity contribution in [2.45, 2.75) is 45.4 Å². The van der Waals surface area contributed by atoms with Gasteiger partial charge in [-0.25, -0.2) is 0 Å². The van der Waals surface area contributed by atoms with Crippen LogP contribution < -0.4 is 14.8 Å². The topological polar surface area (TPSA) is 67.8 Å². The summed E-state index contributed by atoms with van der Waals surface area (Å²) in [6, 6.07) is 5.14. The highest BCUT2D eigenvalue weighted by atomic mass is 32.2. The Labute approximate surface area is 142 Å². The molecule has 1 aromatic rings. The number of benzene rings is 1. The molecule has 23 heavy (non-hydrogen) atoms. The Morgan fingerprint density at radius 1 is 1.39 bits per heavy atom. The Morgan fingerprint density at radius 2 is 2.13 bits per heavy atom. The molecule has 0 spiro atoms. The van der Waals surface area contributed by atoms with E-state index in [1.807, 2.05) is 31.4 Å². The largest absolute Gasteiger partial charge is 0.493 e. The van der Waals surface area contributed by atoms with E-state index < -0.39 is 12.0 Å². The van der Waals surface area contributed by atoms with Gasteiger partial charge in [-0.15, -0.1) is 0 Å². The Bertz CT molecular complexity index is 495. The molecule has 0 saturated heterocycles. The standard InChI is InChI=1S/C17H27NO4S/c1-5-12(2)22-16-10-13(6-7-15(16)21-3)11-18-14(17(19)20)8-9-23-4/h6-7,10,12,14,18H,5,8-9,11H2,1-4H3,(H,19,20)/t12-,14-/m1/s1. The average Bonchev–Trinajstić information content (AvgIpc) is 2.54. The van der Waals surface area contributed by atoms with Crippen molar-refractivity contribution in [3.05, 3.63) is 23.8 Å². The van der Waals surface area contributed by atoms with Crippen LogP contribution in [0.15, 0.2) is 18.2 Å². The zero-order chi connectivity index (χ0) is 17.2. The van der Waals surface area contributed by atoms with E-state index in [0.29, 0.717) is 24.5 Å². The highest BCUT2D eigenvalue weighted by Crippen LogP contribution is 2.29. The van der Waals surface area contributed by atoms with Crippen LogP contribution >= 0.6 is 11.8 Å². The maximum Gasteiger partial charge on any atom is 0.320 e. The van der Waals surface area contributed by atoms with Gasteiger partial charge in [0.05, 0.1) is 13.2 Å². The smallest absolute Gasteiger partial charge is 0.320 e. The van der Waals surface area contributed by atoms with Crippen LogP contribution in [0.4, 0.5) is 0 Å². The van der Waals surface area contributed by atoms with Gasteiger partial charge >= 0.3 is 5.97 Å². The van der Waals surface area contributed by atoms with E-state index >= 15 is 0 Å². The predicted molar refractivity (Wildman–Crippen MR) is 94.6 cm³/mol. The summed E-state index contributed by atoms with van der Waals surface area (Å²) < 4.78 is 11.2. The van der Waals surface area contributed by atoms with E-state index in [1.165, 1.54) is 0 Å². The zero-order valence-electron chi connectivity index (χ0n) is 14.3. The van der Waals surface area contributed by atoms with E-state index in [-0.39, 0.29) is 6.10 Å². The number of carboxylic acid groups (broad SMARTS) is 1. The second kappa shape index (κ2) is 10.4. The molecule has 0 aliphatic rings. The van der Waals surface area contributed by atoms with Crippen LogP contribution in [0.5, 0.6) is 11.5 Å². The quantitative estimate of drug-likeness (QED) is 0.644. The van der Waals surface area contributed by atoms with Crippen molar-refractivity contribution in [3.8, 4) is 11.5 Å². The number of methoxy groups -OCH3 is 1. The van der Waals surface area contributed by atoms with Gasteiger partial charge in [-0.2, -0.15) is 11.8 Å². The molecule has 0 aliphatic heterocycles. The molecule has 5 nitrogen and oxygen atoms in total. The normalized spacial score (nSPS) is 13.4. The summed E-state index contributed by atoms with van der Waals surface area (Å²) in [6.45, 7) is 4.55. The molecular formula is C17H27NO4S. The summed E-state index contributed by atoms with van der Waals surface area (Å²) in [5.74, 6) is 1.38. The van der Waals surface area contributed by atoms with E-state index in [2.05, 4.69) is 12.2 Å². The van der Waals surface area contributed by atoms with E-state index in [9.17, 15) is 9.90 Å². The predicted octanol–water partition coefficient (Wildman–Crippen LogP) is 3.17. The van der Waals surface area contributed by atoms with Gasteiger partial charge in [-0.3, -0.25) is 4.79 Å². The molecule has 0 unspecified atom stereocenters. The number of ether oxygens (including phenoxy) is 2. The molecule has 1 rings (SSSR count). The van der Waals surface area contributed by atoms with Gasteiger partial charge in [0, 0.05) is 6.54 Å². The van der Waals surface area contributed by atoms with Crippen LogP contribution in [0.1, 0.15) is 32.3 Å². The number of hydrogen-bond donors (Lipinski definition) is 2. The maximum absolute atomic E-state index is 11.3. The summed E-state index contributed by atoms with van der Waals surface area (Å²) in [4.78, 5) is 11.3. The van der Waals surface area contributed by atoms with E-state index in [4.69, 9.17) is 9.47 Å². The molecule has 0 bridgehead atoms. The van der Waals surface area contributed by atoms with E-state index in [0.717, 1.165) is 17.7 Å². The first-order valence-electron chi connectivity index (χ1n) is 7.80. The SMILES string of the molecule is CC[C@@H](C)Oc1cc(CN[C@H](CCSC)C(=O)O)ccc1OC. The molecule has 130 valence electrons. The Hall–Kier alpha value is -1.40. The lowest BCUT2D eigenvalue weighted by Crippen LogP contribution is -2.36. The fourth-order valence-electron chi connectivity index (χ4n) is 2.01. The Kier molecular flexibility index (Phi) is 8.87. The number of carbonyl (C=O) groups is 1. The van der Waals surface area contributed by atoms with Crippen LogP contribution in [-0.2, 0) is 11.3 Å². The Balaban J connectivity index is 2.75. The minimum Gasteiger partial charge on any atom is -0.493 e. The first-order valence-corrected chi connectivity index (χ1v) is 9.19. The lowest BCUT2D eigenvalue weighted by molar-refractivity contribution is -0.139. The second-order valence-electron chi connectivity index (χ2n) is 5.38. The molecule has 2 N–H and O–H groups in total. The van der Waals surface area contributed by atoms with Crippen molar-refractivity contribution in [1.82, 2.24) is 5.32 Å². The number of nitrogens with one attached hydrogen (secondary N) is 1. The van der Waals surface area contributed by atoms with Crippen molar-refractivity contribution in [3.63, 3.8) is 0 Å². The molecule has 0 amide bonds. The van der Waals surface area contributed by atoms with Crippen LogP contribution in [0.2, 0.25) is 0 Å². The molecule has 6 heteroatoms. The van der Waals surface area contributed by atoms with Gasteiger partial charge in [0.2, 0.25) is 0 Å². The summed E-state index contributed by atoms with van der Waals surface area (Å²) >= 11 is 1.65. The van der Waals surface area contributed by atoms with Crippen LogP contribution in [0, 0.1) is 0 Å².